The zero-order chi connectivity index (χ0) is 21.0. The van der Waals surface area contributed by atoms with E-state index in [4.69, 9.17) is 11.6 Å². The van der Waals surface area contributed by atoms with Gasteiger partial charge in [-0.15, -0.1) is 0 Å². The number of imide groups is 1. The van der Waals surface area contributed by atoms with Gasteiger partial charge in [0.1, 0.15) is 5.82 Å². The van der Waals surface area contributed by atoms with Gasteiger partial charge >= 0.3 is 0 Å². The van der Waals surface area contributed by atoms with Gasteiger partial charge in [-0.1, -0.05) is 42.0 Å². The molecule has 0 aromatic heterocycles. The third kappa shape index (κ3) is 2.86. The average Bonchev–Trinajstić information content (AvgIpc) is 3.42. The number of fused-ring (bicyclic) bond motifs is 5. The highest BCUT2D eigenvalue weighted by Crippen LogP contribution is 2.52. The van der Waals surface area contributed by atoms with Crippen molar-refractivity contribution in [1.29, 1.82) is 0 Å². The fourth-order valence-corrected chi connectivity index (χ4v) is 5.01. The Morgan fingerprint density at radius 1 is 1.00 bits per heavy atom. The van der Waals surface area contributed by atoms with Gasteiger partial charge in [-0.2, -0.15) is 5.01 Å². The Kier molecular flexibility index (Phi) is 4.47. The minimum Gasteiger partial charge on any atom is -0.272 e. The van der Waals surface area contributed by atoms with Gasteiger partial charge in [-0.05, 0) is 48.6 Å². The molecule has 2 fully saturated rings. The first-order valence-electron chi connectivity index (χ1n) is 9.82. The van der Waals surface area contributed by atoms with Gasteiger partial charge in [0.05, 0.1) is 18.4 Å². The molecule has 7 heteroatoms. The molecule has 3 aliphatic rings. The number of benzene rings is 2. The number of hydrogen-bond donors (Lipinski definition) is 0. The van der Waals surface area contributed by atoms with Gasteiger partial charge in [0.15, 0.2) is 0 Å². The topological polar surface area (TPSA) is 57.7 Å². The molecule has 4 atom stereocenters. The fraction of sp³-hybridized carbons (Fsp3) is 0.261. The molecular weight excluding hydrogens is 407 g/mol. The number of carbonyl (C=O) groups is 3. The zero-order valence-corrected chi connectivity index (χ0v) is 16.6. The summed E-state index contributed by atoms with van der Waals surface area (Å²) in [7, 11) is 0. The number of rotatable bonds is 4. The molecule has 5 nitrogen and oxygen atoms in total. The number of carbonyl (C=O) groups excluding carboxylic acids is 3. The first-order valence-corrected chi connectivity index (χ1v) is 10.2. The predicted octanol–water partition coefficient (Wildman–Crippen LogP) is 3.84. The van der Waals surface area contributed by atoms with Crippen LogP contribution >= 0.6 is 11.6 Å². The number of amides is 3. The maximum absolute atomic E-state index is 14.4. The first kappa shape index (κ1) is 19.0. The third-order valence-corrected chi connectivity index (χ3v) is 6.54. The summed E-state index contributed by atoms with van der Waals surface area (Å²) in [6, 6.07) is 12.2. The summed E-state index contributed by atoms with van der Waals surface area (Å²) < 4.78 is 14.4. The van der Waals surface area contributed by atoms with Crippen molar-refractivity contribution in [2.24, 2.45) is 23.7 Å². The quantitative estimate of drug-likeness (QED) is 0.553. The van der Waals surface area contributed by atoms with E-state index in [1.54, 1.807) is 24.3 Å². The second-order valence-electron chi connectivity index (χ2n) is 7.95. The summed E-state index contributed by atoms with van der Waals surface area (Å²) in [4.78, 5) is 39.9. The molecule has 0 unspecified atom stereocenters. The van der Waals surface area contributed by atoms with E-state index in [2.05, 4.69) is 0 Å². The highest BCUT2D eigenvalue weighted by molar-refractivity contribution is 6.30. The third-order valence-electron chi connectivity index (χ3n) is 6.29. The Bertz CT molecular complexity index is 1050. The largest absolute Gasteiger partial charge is 0.273 e. The summed E-state index contributed by atoms with van der Waals surface area (Å²) in [6.07, 6.45) is 4.77. The Hall–Kier alpha value is -2.99. The van der Waals surface area contributed by atoms with Gasteiger partial charge in [0, 0.05) is 16.1 Å². The second kappa shape index (κ2) is 7.06. The average molecular weight is 425 g/mol. The lowest BCUT2D eigenvalue weighted by molar-refractivity contribution is -0.156. The van der Waals surface area contributed by atoms with E-state index in [-0.39, 0.29) is 41.3 Å². The molecule has 2 aromatic rings. The van der Waals surface area contributed by atoms with Crippen LogP contribution < -0.4 is 0 Å². The van der Waals surface area contributed by atoms with Crippen molar-refractivity contribution >= 4 is 29.3 Å². The molecule has 0 N–H and O–H groups in total. The highest BCUT2D eigenvalue weighted by atomic mass is 35.5. The van der Waals surface area contributed by atoms with Crippen LogP contribution in [0, 0.1) is 29.5 Å². The Morgan fingerprint density at radius 3 is 2.20 bits per heavy atom. The maximum atomic E-state index is 14.4. The summed E-state index contributed by atoms with van der Waals surface area (Å²) >= 11 is 5.92. The molecule has 2 bridgehead atoms. The van der Waals surface area contributed by atoms with Crippen LogP contribution in [0.3, 0.4) is 0 Å². The van der Waals surface area contributed by atoms with Crippen molar-refractivity contribution in [2.45, 2.75) is 13.0 Å². The molecule has 0 radical (unpaired) electrons. The lowest BCUT2D eigenvalue weighted by atomic mass is 9.85. The van der Waals surface area contributed by atoms with Crippen molar-refractivity contribution in [3.8, 4) is 0 Å². The van der Waals surface area contributed by atoms with E-state index in [1.807, 2.05) is 12.2 Å². The van der Waals surface area contributed by atoms with Gasteiger partial charge in [-0.3, -0.25) is 14.4 Å². The molecule has 3 amide bonds. The minimum atomic E-state index is -0.558. The van der Waals surface area contributed by atoms with E-state index in [9.17, 15) is 18.8 Å². The Morgan fingerprint density at radius 2 is 1.60 bits per heavy atom. The standard InChI is InChI=1S/C23H18ClFN2O3/c24-17-9-7-13(8-10-17)21(28)26(12-16-3-1-2-4-18(16)25)27-22(29)19-14-5-6-15(11-14)20(19)23(27)30/h1-10,14-15,19-20H,11-12H2/t14-,15+,19-,20-/m0/s1. The predicted molar refractivity (Wildman–Crippen MR) is 107 cm³/mol. The lowest BCUT2D eigenvalue weighted by Gasteiger charge is -2.31. The van der Waals surface area contributed by atoms with Crippen LogP contribution in [-0.4, -0.2) is 27.7 Å². The van der Waals surface area contributed by atoms with Crippen LogP contribution in [0.2, 0.25) is 5.02 Å². The molecule has 1 saturated heterocycles. The number of halogens is 2. The monoisotopic (exact) mass is 424 g/mol. The van der Waals surface area contributed by atoms with Gasteiger partial charge in [0.25, 0.3) is 17.7 Å². The van der Waals surface area contributed by atoms with Gasteiger partial charge < -0.3 is 0 Å². The van der Waals surface area contributed by atoms with Crippen LogP contribution in [0.25, 0.3) is 0 Å². The number of nitrogens with zero attached hydrogens (tertiary/aromatic N) is 2. The number of allylic oxidation sites excluding steroid dienone is 2. The van der Waals surface area contributed by atoms with Crippen LogP contribution in [-0.2, 0) is 16.1 Å². The molecule has 2 aliphatic carbocycles. The fourth-order valence-electron chi connectivity index (χ4n) is 4.89. The molecule has 30 heavy (non-hydrogen) atoms. The van der Waals surface area contributed by atoms with Crippen molar-refractivity contribution < 1.29 is 18.8 Å². The van der Waals surface area contributed by atoms with E-state index >= 15 is 0 Å². The number of hydrogen-bond acceptors (Lipinski definition) is 3. The van der Waals surface area contributed by atoms with Crippen molar-refractivity contribution in [2.75, 3.05) is 0 Å². The van der Waals surface area contributed by atoms with E-state index in [0.717, 1.165) is 16.4 Å². The molecule has 1 aliphatic heterocycles. The molecule has 5 rings (SSSR count). The first-order chi connectivity index (χ1) is 14.5. The second-order valence-corrected chi connectivity index (χ2v) is 8.39. The number of hydrazine groups is 1. The lowest BCUT2D eigenvalue weighted by Crippen LogP contribution is -2.50. The smallest absolute Gasteiger partial charge is 0.272 e. The van der Waals surface area contributed by atoms with Gasteiger partial charge in [0.2, 0.25) is 0 Å². The zero-order valence-electron chi connectivity index (χ0n) is 15.9. The van der Waals surface area contributed by atoms with Crippen LogP contribution in [0.4, 0.5) is 4.39 Å². The summed E-state index contributed by atoms with van der Waals surface area (Å²) in [5.41, 5.74) is 0.480. The summed E-state index contributed by atoms with van der Waals surface area (Å²) in [5, 5.41) is 2.48. The normalized spacial score (nSPS) is 26.4. The Labute approximate surface area is 177 Å². The maximum Gasteiger partial charge on any atom is 0.273 e. The van der Waals surface area contributed by atoms with Crippen LogP contribution in [0.15, 0.2) is 60.7 Å². The molecular formula is C23H18ClFN2O3. The van der Waals surface area contributed by atoms with E-state index < -0.39 is 23.6 Å². The van der Waals surface area contributed by atoms with Crippen molar-refractivity contribution in [3.05, 3.63) is 82.6 Å². The molecule has 2 aromatic carbocycles. The SMILES string of the molecule is O=C(c1ccc(Cl)cc1)N(Cc1ccccc1F)N1C(=O)[C@@H]2[C@@H](C1=O)[C@H]1C=C[C@@H]2C1. The minimum absolute atomic E-state index is 0.0161. The highest BCUT2D eigenvalue weighted by Gasteiger charge is 2.61. The molecule has 1 saturated carbocycles. The Balaban J connectivity index is 1.53. The summed E-state index contributed by atoms with van der Waals surface area (Å²) in [5.74, 6) is -2.71. The van der Waals surface area contributed by atoms with Crippen LogP contribution in [0.1, 0.15) is 22.3 Å². The van der Waals surface area contributed by atoms with Crippen molar-refractivity contribution in [1.82, 2.24) is 10.0 Å². The van der Waals surface area contributed by atoms with E-state index in [0.29, 0.717) is 5.02 Å². The molecule has 152 valence electrons. The molecule has 1 heterocycles. The molecule has 0 spiro atoms. The van der Waals surface area contributed by atoms with Crippen molar-refractivity contribution in [3.63, 3.8) is 0 Å². The summed E-state index contributed by atoms with van der Waals surface area (Å²) in [6.45, 7) is -0.228. The van der Waals surface area contributed by atoms with E-state index in [1.165, 1.54) is 24.3 Å². The van der Waals surface area contributed by atoms with Gasteiger partial charge in [-0.25, -0.2) is 9.40 Å². The van der Waals surface area contributed by atoms with Crippen LogP contribution in [0.5, 0.6) is 0 Å².